The second-order valence-corrected chi connectivity index (χ2v) is 5.31. The van der Waals surface area contributed by atoms with E-state index in [4.69, 9.17) is 4.74 Å². The smallest absolute Gasteiger partial charge is 0.212 e. The summed E-state index contributed by atoms with van der Waals surface area (Å²) in [6.07, 6.45) is 3.70. The van der Waals surface area contributed by atoms with Gasteiger partial charge in [0.25, 0.3) is 0 Å². The summed E-state index contributed by atoms with van der Waals surface area (Å²) in [5.74, 6) is 0.830. The molecule has 1 saturated heterocycles. The van der Waals surface area contributed by atoms with Crippen molar-refractivity contribution in [2.24, 2.45) is 7.05 Å². The first-order chi connectivity index (χ1) is 9.83. The Morgan fingerprint density at radius 3 is 2.90 bits per heavy atom. The van der Waals surface area contributed by atoms with Gasteiger partial charge in [0.1, 0.15) is 6.61 Å². The molecule has 0 amide bonds. The Morgan fingerprint density at radius 2 is 2.15 bits per heavy atom. The Hall–Kier alpha value is -1.81. The molecule has 1 aromatic heterocycles. The predicted octanol–water partition coefficient (Wildman–Crippen LogP) is 2.81. The van der Waals surface area contributed by atoms with Crippen molar-refractivity contribution in [2.45, 2.75) is 31.9 Å². The molecule has 0 bridgehead atoms. The van der Waals surface area contributed by atoms with Crippen LogP contribution in [0.3, 0.4) is 0 Å². The highest BCUT2D eigenvalue weighted by atomic mass is 16.5. The van der Waals surface area contributed by atoms with Gasteiger partial charge in [-0.1, -0.05) is 36.8 Å². The van der Waals surface area contributed by atoms with Gasteiger partial charge in [0.15, 0.2) is 0 Å². The number of piperidine rings is 1. The van der Waals surface area contributed by atoms with Crippen molar-refractivity contribution in [2.75, 3.05) is 6.54 Å². The monoisotopic (exact) mass is 271 g/mol. The molecule has 4 nitrogen and oxygen atoms in total. The Morgan fingerprint density at radius 1 is 1.30 bits per heavy atom. The van der Waals surface area contributed by atoms with Gasteiger partial charge in [0.05, 0.1) is 11.7 Å². The van der Waals surface area contributed by atoms with Crippen molar-refractivity contribution in [3.05, 3.63) is 47.7 Å². The molecule has 2 heterocycles. The van der Waals surface area contributed by atoms with Crippen molar-refractivity contribution in [1.29, 1.82) is 0 Å². The Balaban J connectivity index is 1.66. The number of aromatic nitrogens is 2. The molecule has 20 heavy (non-hydrogen) atoms. The minimum absolute atomic E-state index is 0.379. The molecule has 0 radical (unpaired) electrons. The zero-order valence-electron chi connectivity index (χ0n) is 11.9. The fourth-order valence-corrected chi connectivity index (χ4v) is 2.61. The summed E-state index contributed by atoms with van der Waals surface area (Å²) in [6.45, 7) is 1.67. The van der Waals surface area contributed by atoms with Gasteiger partial charge in [-0.25, -0.2) is 4.68 Å². The van der Waals surface area contributed by atoms with E-state index in [1.807, 2.05) is 29.9 Å². The fourth-order valence-electron chi connectivity index (χ4n) is 2.61. The third-order valence-corrected chi connectivity index (χ3v) is 3.75. The van der Waals surface area contributed by atoms with Gasteiger partial charge in [-0.15, -0.1) is 0 Å². The Bertz CT molecular complexity index is 544. The number of hydrogen-bond donors (Lipinski definition) is 1. The van der Waals surface area contributed by atoms with Gasteiger partial charge in [0, 0.05) is 13.1 Å². The third kappa shape index (κ3) is 3.02. The number of aryl methyl sites for hydroxylation is 1. The van der Waals surface area contributed by atoms with Gasteiger partial charge in [-0.2, -0.15) is 5.10 Å². The molecule has 1 aliphatic rings. The van der Waals surface area contributed by atoms with Crippen LogP contribution in [0.5, 0.6) is 5.88 Å². The zero-order chi connectivity index (χ0) is 13.8. The van der Waals surface area contributed by atoms with Crippen LogP contribution in [0, 0.1) is 0 Å². The molecule has 2 aromatic rings. The van der Waals surface area contributed by atoms with Crippen LogP contribution >= 0.6 is 0 Å². The van der Waals surface area contributed by atoms with Crippen LogP contribution in [0.2, 0.25) is 0 Å². The standard InChI is InChI=1S/C16H21N3O/c1-19-16(20-12-13-7-3-2-4-8-13)11-15(18-19)14-9-5-6-10-17-14/h2-4,7-8,11,14,17H,5-6,9-10,12H2,1H3. The summed E-state index contributed by atoms with van der Waals surface area (Å²) in [6, 6.07) is 12.6. The molecule has 106 valence electrons. The average molecular weight is 271 g/mol. The summed E-state index contributed by atoms with van der Waals surface area (Å²) < 4.78 is 7.69. The van der Waals surface area contributed by atoms with E-state index in [2.05, 4.69) is 28.6 Å². The van der Waals surface area contributed by atoms with Crippen molar-refractivity contribution < 1.29 is 4.74 Å². The highest BCUT2D eigenvalue weighted by Gasteiger charge is 2.19. The van der Waals surface area contributed by atoms with E-state index in [1.54, 1.807) is 0 Å². The number of benzene rings is 1. The molecule has 0 spiro atoms. The molecule has 0 aliphatic carbocycles. The molecule has 1 fully saturated rings. The zero-order valence-corrected chi connectivity index (χ0v) is 11.9. The maximum absolute atomic E-state index is 5.87. The molecule has 4 heteroatoms. The molecule has 1 N–H and O–H groups in total. The lowest BCUT2D eigenvalue weighted by Gasteiger charge is -2.21. The van der Waals surface area contributed by atoms with Crippen LogP contribution in [0.15, 0.2) is 36.4 Å². The van der Waals surface area contributed by atoms with Gasteiger partial charge in [0.2, 0.25) is 5.88 Å². The van der Waals surface area contributed by atoms with Crippen molar-refractivity contribution in [3.63, 3.8) is 0 Å². The molecule has 1 aliphatic heterocycles. The van der Waals surface area contributed by atoms with E-state index in [0.717, 1.165) is 24.5 Å². The third-order valence-electron chi connectivity index (χ3n) is 3.75. The molecule has 1 unspecified atom stereocenters. The lowest BCUT2D eigenvalue weighted by molar-refractivity contribution is 0.279. The largest absolute Gasteiger partial charge is 0.473 e. The average Bonchev–Trinajstić information content (AvgIpc) is 2.88. The number of ether oxygens (including phenoxy) is 1. The molecular weight excluding hydrogens is 250 g/mol. The van der Waals surface area contributed by atoms with Crippen molar-refractivity contribution >= 4 is 0 Å². The Labute approximate surface area is 119 Å². The highest BCUT2D eigenvalue weighted by molar-refractivity contribution is 5.20. The maximum atomic E-state index is 5.87. The van der Waals surface area contributed by atoms with E-state index < -0.39 is 0 Å². The molecule has 1 atom stereocenters. The second kappa shape index (κ2) is 6.09. The van der Waals surface area contributed by atoms with E-state index in [9.17, 15) is 0 Å². The minimum atomic E-state index is 0.379. The summed E-state index contributed by atoms with van der Waals surface area (Å²) in [4.78, 5) is 0. The lowest BCUT2D eigenvalue weighted by atomic mass is 10.0. The fraction of sp³-hybridized carbons (Fsp3) is 0.438. The first kappa shape index (κ1) is 13.2. The van der Waals surface area contributed by atoms with Crippen LogP contribution in [0.4, 0.5) is 0 Å². The topological polar surface area (TPSA) is 39.1 Å². The van der Waals surface area contributed by atoms with E-state index in [0.29, 0.717) is 12.6 Å². The summed E-state index contributed by atoms with van der Waals surface area (Å²) >= 11 is 0. The first-order valence-corrected chi connectivity index (χ1v) is 7.27. The second-order valence-electron chi connectivity index (χ2n) is 5.31. The van der Waals surface area contributed by atoms with E-state index in [-0.39, 0.29) is 0 Å². The lowest BCUT2D eigenvalue weighted by Crippen LogP contribution is -2.27. The highest BCUT2D eigenvalue weighted by Crippen LogP contribution is 2.25. The van der Waals surface area contributed by atoms with Crippen LogP contribution in [0.1, 0.15) is 36.6 Å². The summed E-state index contributed by atoms with van der Waals surface area (Å²) in [5, 5.41) is 8.09. The molecule has 1 aromatic carbocycles. The van der Waals surface area contributed by atoms with Crippen LogP contribution in [-0.2, 0) is 13.7 Å². The molecular formula is C16H21N3O. The van der Waals surface area contributed by atoms with Crippen molar-refractivity contribution in [1.82, 2.24) is 15.1 Å². The number of hydrogen-bond acceptors (Lipinski definition) is 3. The Kier molecular flexibility index (Phi) is 4.02. The van der Waals surface area contributed by atoms with E-state index in [1.165, 1.54) is 18.4 Å². The van der Waals surface area contributed by atoms with E-state index >= 15 is 0 Å². The van der Waals surface area contributed by atoms with Gasteiger partial charge >= 0.3 is 0 Å². The van der Waals surface area contributed by atoms with Crippen LogP contribution < -0.4 is 10.1 Å². The minimum Gasteiger partial charge on any atom is -0.473 e. The van der Waals surface area contributed by atoms with Crippen molar-refractivity contribution in [3.8, 4) is 5.88 Å². The van der Waals surface area contributed by atoms with Crippen LogP contribution in [0.25, 0.3) is 0 Å². The maximum Gasteiger partial charge on any atom is 0.212 e. The van der Waals surface area contributed by atoms with Gasteiger partial charge in [-0.3, -0.25) is 0 Å². The quantitative estimate of drug-likeness (QED) is 0.929. The normalized spacial score (nSPS) is 18.9. The summed E-state index contributed by atoms with van der Waals surface area (Å²) in [7, 11) is 1.94. The number of rotatable bonds is 4. The number of nitrogens with one attached hydrogen (secondary N) is 1. The molecule has 3 rings (SSSR count). The first-order valence-electron chi connectivity index (χ1n) is 7.27. The van der Waals surface area contributed by atoms with Gasteiger partial charge < -0.3 is 10.1 Å². The number of nitrogens with zero attached hydrogens (tertiary/aromatic N) is 2. The molecule has 0 saturated carbocycles. The SMILES string of the molecule is Cn1nc(C2CCCCN2)cc1OCc1ccccc1. The van der Waals surface area contributed by atoms with Gasteiger partial charge in [-0.05, 0) is 24.9 Å². The summed E-state index contributed by atoms with van der Waals surface area (Å²) in [5.41, 5.74) is 2.27. The van der Waals surface area contributed by atoms with Crippen LogP contribution in [-0.4, -0.2) is 16.3 Å². The predicted molar refractivity (Wildman–Crippen MR) is 78.6 cm³/mol.